The molecule has 5 nitrogen and oxygen atoms in total. The smallest absolute Gasteiger partial charge is 0.203 e. The molecule has 0 spiro atoms. The van der Waals surface area contributed by atoms with Crippen molar-refractivity contribution < 1.29 is 19.7 Å². The number of rotatable bonds is 7. The van der Waals surface area contributed by atoms with Crippen LogP contribution >= 0.6 is 0 Å². The summed E-state index contributed by atoms with van der Waals surface area (Å²) >= 11 is 0. The van der Waals surface area contributed by atoms with Gasteiger partial charge in [0, 0.05) is 6.42 Å². The lowest BCUT2D eigenvalue weighted by Gasteiger charge is -2.44. The molecule has 0 amide bonds. The Morgan fingerprint density at radius 3 is 2.68 bits per heavy atom. The number of nitrogens with zero attached hydrogens (tertiary/aromatic N) is 1. The SMILES string of the molecule is C=C1/C(=C\C=C2/CCC[C@]3(C)[C@@H]([C@H](C)/C=C/[C@H](O)C4(c5nc(CC)co5)CC4)CC[C@@H]23)C[C@@H](O)C[C@@H]1O. The van der Waals surface area contributed by atoms with Crippen molar-refractivity contribution in [1.29, 1.82) is 0 Å². The molecule has 1 aromatic rings. The van der Waals surface area contributed by atoms with E-state index in [9.17, 15) is 15.3 Å². The van der Waals surface area contributed by atoms with Gasteiger partial charge in [0.1, 0.15) is 6.26 Å². The molecule has 0 unspecified atom stereocenters. The summed E-state index contributed by atoms with van der Waals surface area (Å²) in [4.78, 5) is 4.62. The van der Waals surface area contributed by atoms with Crippen LogP contribution in [0.25, 0.3) is 0 Å². The second kappa shape index (κ2) is 10.3. The highest BCUT2D eigenvalue weighted by Gasteiger charge is 2.54. The highest BCUT2D eigenvalue weighted by Crippen LogP contribution is 2.60. The van der Waals surface area contributed by atoms with Gasteiger partial charge >= 0.3 is 0 Å². The van der Waals surface area contributed by atoms with Crippen LogP contribution in [0.3, 0.4) is 0 Å². The first-order valence-corrected chi connectivity index (χ1v) is 14.4. The Balaban J connectivity index is 1.28. The molecule has 37 heavy (non-hydrogen) atoms. The molecular formula is C32H45NO4. The average molecular weight is 508 g/mol. The summed E-state index contributed by atoms with van der Waals surface area (Å²) in [6.07, 6.45) is 18.3. The molecule has 4 fully saturated rings. The summed E-state index contributed by atoms with van der Waals surface area (Å²) in [6, 6.07) is 0. The molecule has 0 aromatic carbocycles. The molecule has 0 bridgehead atoms. The van der Waals surface area contributed by atoms with E-state index in [-0.39, 0.29) is 10.8 Å². The van der Waals surface area contributed by atoms with E-state index in [1.165, 1.54) is 31.3 Å². The summed E-state index contributed by atoms with van der Waals surface area (Å²) in [6.45, 7) is 10.9. The van der Waals surface area contributed by atoms with Gasteiger partial charge in [0.05, 0.1) is 29.4 Å². The third kappa shape index (κ3) is 4.95. The van der Waals surface area contributed by atoms with Gasteiger partial charge in [-0.25, -0.2) is 4.98 Å². The topological polar surface area (TPSA) is 86.7 Å². The Bertz CT molecular complexity index is 1090. The molecule has 1 aromatic heterocycles. The normalized spacial score (nSPS) is 37.3. The number of allylic oxidation sites excluding steroid dienone is 4. The predicted molar refractivity (Wildman–Crippen MR) is 146 cm³/mol. The van der Waals surface area contributed by atoms with Crippen molar-refractivity contribution in [3.8, 4) is 0 Å². The highest BCUT2D eigenvalue weighted by molar-refractivity contribution is 5.38. The van der Waals surface area contributed by atoms with E-state index >= 15 is 0 Å². The van der Waals surface area contributed by atoms with Gasteiger partial charge in [-0.1, -0.05) is 57.2 Å². The molecule has 1 heterocycles. The van der Waals surface area contributed by atoms with E-state index in [0.29, 0.717) is 36.5 Å². The molecule has 4 saturated carbocycles. The van der Waals surface area contributed by atoms with Crippen LogP contribution < -0.4 is 0 Å². The predicted octanol–water partition coefficient (Wildman–Crippen LogP) is 5.96. The zero-order valence-electron chi connectivity index (χ0n) is 22.8. The Hall–Kier alpha value is -1.95. The first-order chi connectivity index (χ1) is 17.7. The van der Waals surface area contributed by atoms with Gasteiger partial charge in [-0.2, -0.15) is 0 Å². The fourth-order valence-corrected chi connectivity index (χ4v) is 7.68. The Morgan fingerprint density at radius 2 is 1.97 bits per heavy atom. The number of aliphatic hydroxyl groups is 3. The van der Waals surface area contributed by atoms with Crippen LogP contribution in [0.2, 0.25) is 0 Å². The van der Waals surface area contributed by atoms with Gasteiger partial charge in [0.15, 0.2) is 0 Å². The molecule has 0 saturated heterocycles. The molecule has 0 radical (unpaired) electrons. The summed E-state index contributed by atoms with van der Waals surface area (Å²) in [5, 5.41) is 31.4. The van der Waals surface area contributed by atoms with E-state index in [4.69, 9.17) is 4.42 Å². The Labute approximate surface area is 222 Å². The number of hydrogen-bond acceptors (Lipinski definition) is 5. The van der Waals surface area contributed by atoms with Crippen LogP contribution in [0.5, 0.6) is 0 Å². The number of oxazole rings is 1. The molecule has 0 aliphatic heterocycles. The first-order valence-electron chi connectivity index (χ1n) is 14.4. The lowest BCUT2D eigenvalue weighted by Crippen LogP contribution is -2.35. The third-order valence-corrected chi connectivity index (χ3v) is 10.2. The van der Waals surface area contributed by atoms with Crippen molar-refractivity contribution in [2.24, 2.45) is 23.2 Å². The summed E-state index contributed by atoms with van der Waals surface area (Å²) in [7, 11) is 0. The van der Waals surface area contributed by atoms with Gasteiger partial charge in [0.2, 0.25) is 5.89 Å². The number of aryl methyl sites for hydroxylation is 1. The fraction of sp³-hybridized carbons (Fsp3) is 0.656. The zero-order valence-corrected chi connectivity index (χ0v) is 22.8. The van der Waals surface area contributed by atoms with E-state index < -0.39 is 18.3 Å². The Kier molecular flexibility index (Phi) is 7.43. The van der Waals surface area contributed by atoms with Gasteiger partial charge in [-0.3, -0.25) is 0 Å². The minimum absolute atomic E-state index is 0.246. The lowest BCUT2D eigenvalue weighted by molar-refractivity contribution is 0.0862. The van der Waals surface area contributed by atoms with Crippen molar-refractivity contribution in [2.45, 2.75) is 109 Å². The average Bonchev–Trinajstić information content (AvgIpc) is 3.39. The molecule has 3 N–H and O–H groups in total. The monoisotopic (exact) mass is 507 g/mol. The van der Waals surface area contributed by atoms with E-state index in [1.807, 2.05) is 6.08 Å². The number of aliphatic hydroxyl groups excluding tert-OH is 3. The maximum absolute atomic E-state index is 11.1. The van der Waals surface area contributed by atoms with Crippen molar-refractivity contribution in [2.75, 3.05) is 0 Å². The molecule has 4 aliphatic carbocycles. The van der Waals surface area contributed by atoms with Gasteiger partial charge < -0.3 is 19.7 Å². The molecule has 4 aliphatic rings. The quantitative estimate of drug-likeness (QED) is 0.396. The standard InChI is InChI=1S/C32H45NO4/c1-5-24-19-37-30(33-24)32(15-16-32)29(36)13-8-20(2)26-11-12-27-22(7-6-14-31(26,27)4)9-10-23-17-25(34)18-28(35)21(23)3/h8-10,13,19-20,25-29,34-36H,3,5-7,11-12,14-18H2,1-2,4H3/b13-8+,22-9+,23-10-/t20-,25-,26-,27+,28+,29+,31-/m1/s1. The first kappa shape index (κ1) is 26.6. The van der Waals surface area contributed by atoms with Crippen LogP contribution in [-0.4, -0.2) is 38.6 Å². The van der Waals surface area contributed by atoms with Crippen LogP contribution in [0.1, 0.15) is 90.1 Å². The number of fused-ring (bicyclic) bond motifs is 1. The number of hydrogen-bond donors (Lipinski definition) is 3. The molecule has 5 rings (SSSR count). The summed E-state index contributed by atoms with van der Waals surface area (Å²) in [5.74, 6) is 2.22. The van der Waals surface area contributed by atoms with Crippen LogP contribution in [-0.2, 0) is 11.8 Å². The van der Waals surface area contributed by atoms with Crippen molar-refractivity contribution in [3.05, 3.63) is 65.5 Å². The van der Waals surface area contributed by atoms with E-state index in [2.05, 4.69) is 50.6 Å². The van der Waals surface area contributed by atoms with Crippen LogP contribution in [0, 0.1) is 23.2 Å². The lowest BCUT2D eigenvalue weighted by atomic mass is 9.61. The maximum atomic E-state index is 11.1. The highest BCUT2D eigenvalue weighted by atomic mass is 16.3. The Morgan fingerprint density at radius 1 is 1.19 bits per heavy atom. The number of aromatic nitrogens is 1. The van der Waals surface area contributed by atoms with Gasteiger partial charge in [-0.15, -0.1) is 0 Å². The van der Waals surface area contributed by atoms with Gasteiger partial charge in [-0.05, 0) is 92.1 Å². The molecular weight excluding hydrogens is 462 g/mol. The summed E-state index contributed by atoms with van der Waals surface area (Å²) < 4.78 is 5.75. The summed E-state index contributed by atoms with van der Waals surface area (Å²) in [5.41, 5.74) is 4.10. The molecule has 202 valence electrons. The minimum Gasteiger partial charge on any atom is -0.448 e. The van der Waals surface area contributed by atoms with Crippen molar-refractivity contribution >= 4 is 0 Å². The zero-order chi connectivity index (χ0) is 26.4. The fourth-order valence-electron chi connectivity index (χ4n) is 7.68. The maximum Gasteiger partial charge on any atom is 0.203 e. The second-order valence-corrected chi connectivity index (χ2v) is 12.5. The van der Waals surface area contributed by atoms with Crippen molar-refractivity contribution in [1.82, 2.24) is 4.98 Å². The molecule has 7 atom stereocenters. The van der Waals surface area contributed by atoms with Crippen LogP contribution in [0.15, 0.2) is 58.3 Å². The van der Waals surface area contributed by atoms with Crippen molar-refractivity contribution in [3.63, 3.8) is 0 Å². The second-order valence-electron chi connectivity index (χ2n) is 12.5. The van der Waals surface area contributed by atoms with Gasteiger partial charge in [0.25, 0.3) is 0 Å². The van der Waals surface area contributed by atoms with E-state index in [1.54, 1.807) is 6.26 Å². The minimum atomic E-state index is -0.643. The van der Waals surface area contributed by atoms with E-state index in [0.717, 1.165) is 42.5 Å². The largest absolute Gasteiger partial charge is 0.448 e. The van der Waals surface area contributed by atoms with Crippen LogP contribution in [0.4, 0.5) is 0 Å². The third-order valence-electron chi connectivity index (χ3n) is 10.2. The molecule has 5 heteroatoms.